The van der Waals surface area contributed by atoms with E-state index in [4.69, 9.17) is 9.47 Å². The molecule has 8 heteroatoms. The van der Waals surface area contributed by atoms with E-state index in [1.165, 1.54) is 18.5 Å². The molecule has 0 aromatic heterocycles. The highest BCUT2D eigenvalue weighted by molar-refractivity contribution is 7.97. The van der Waals surface area contributed by atoms with E-state index in [1.807, 2.05) is 50.2 Å². The smallest absolute Gasteiger partial charge is 0.270 e. The van der Waals surface area contributed by atoms with E-state index in [2.05, 4.69) is 5.32 Å². The summed E-state index contributed by atoms with van der Waals surface area (Å²) in [6, 6.07) is 18.2. The highest BCUT2D eigenvalue weighted by Crippen LogP contribution is 2.45. The maximum absolute atomic E-state index is 13.9. The standard InChI is InChI=1S/C27H28N2O5S/c1-17-11-18(2)13-21(12-17)28-27(30)26-19(3)22-14-24(33-4)25(34-5)15-23(22)29(35(26,31)32)16-20-9-7-6-8-10-20/h6-15H,16H2,1-5H3,(H,28,30). The summed E-state index contributed by atoms with van der Waals surface area (Å²) in [4.78, 5) is 13.2. The number of carbonyl (C=O) groups is 1. The number of rotatable bonds is 6. The van der Waals surface area contributed by atoms with Crippen molar-refractivity contribution in [3.63, 3.8) is 0 Å². The van der Waals surface area contributed by atoms with Crippen LogP contribution in [0.5, 0.6) is 11.5 Å². The van der Waals surface area contributed by atoms with Gasteiger partial charge in [0.25, 0.3) is 15.9 Å². The van der Waals surface area contributed by atoms with Gasteiger partial charge in [0.1, 0.15) is 0 Å². The molecular weight excluding hydrogens is 464 g/mol. The van der Waals surface area contributed by atoms with Crippen LogP contribution in [0.15, 0.2) is 65.6 Å². The number of anilines is 2. The zero-order chi connectivity index (χ0) is 25.3. The number of hydrogen-bond donors (Lipinski definition) is 1. The van der Waals surface area contributed by atoms with Crippen molar-refractivity contribution in [3.8, 4) is 11.5 Å². The lowest BCUT2D eigenvalue weighted by Gasteiger charge is -2.33. The zero-order valence-electron chi connectivity index (χ0n) is 20.4. The minimum Gasteiger partial charge on any atom is -0.493 e. The number of sulfonamides is 1. The lowest BCUT2D eigenvalue weighted by atomic mass is 10.0. The lowest BCUT2D eigenvalue weighted by Crippen LogP contribution is -2.39. The third-order valence-corrected chi connectivity index (χ3v) is 7.83. The quantitative estimate of drug-likeness (QED) is 0.521. The number of allylic oxidation sites excluding steroid dienone is 1. The molecule has 0 aliphatic carbocycles. The minimum atomic E-state index is -4.20. The Bertz CT molecular complexity index is 1410. The first-order chi connectivity index (χ1) is 16.6. The van der Waals surface area contributed by atoms with Gasteiger partial charge in [0.2, 0.25) is 0 Å². The van der Waals surface area contributed by atoms with Gasteiger partial charge >= 0.3 is 0 Å². The van der Waals surface area contributed by atoms with E-state index in [0.29, 0.717) is 34.0 Å². The first-order valence-electron chi connectivity index (χ1n) is 11.1. The number of aryl methyl sites for hydroxylation is 2. The molecular formula is C27H28N2O5S. The number of benzene rings is 3. The number of ether oxygens (including phenoxy) is 2. The minimum absolute atomic E-state index is 0.0548. The van der Waals surface area contributed by atoms with E-state index >= 15 is 0 Å². The molecule has 7 nitrogen and oxygen atoms in total. The van der Waals surface area contributed by atoms with Gasteiger partial charge in [-0.3, -0.25) is 9.10 Å². The van der Waals surface area contributed by atoms with E-state index in [1.54, 1.807) is 31.2 Å². The molecule has 1 heterocycles. The van der Waals surface area contributed by atoms with Gasteiger partial charge in [0.05, 0.1) is 26.5 Å². The van der Waals surface area contributed by atoms with Crippen LogP contribution in [-0.4, -0.2) is 28.5 Å². The first kappa shape index (κ1) is 24.3. The molecule has 0 unspecified atom stereocenters. The first-order valence-corrected chi connectivity index (χ1v) is 12.5. The van der Waals surface area contributed by atoms with Crippen LogP contribution in [0.4, 0.5) is 11.4 Å². The van der Waals surface area contributed by atoms with Gasteiger partial charge in [-0.05, 0) is 61.2 Å². The van der Waals surface area contributed by atoms with Crippen LogP contribution in [-0.2, 0) is 21.4 Å². The Kier molecular flexibility index (Phi) is 6.58. The topological polar surface area (TPSA) is 84.9 Å². The van der Waals surface area contributed by atoms with Gasteiger partial charge in [-0.15, -0.1) is 0 Å². The number of hydrogen-bond acceptors (Lipinski definition) is 5. The predicted octanol–water partition coefficient (Wildman–Crippen LogP) is 5.04. The SMILES string of the molecule is COc1cc2c(cc1OC)N(Cc1ccccc1)S(=O)(=O)C(C(=O)Nc1cc(C)cc(C)c1)=C2C. The molecule has 1 amide bonds. The molecule has 3 aromatic rings. The summed E-state index contributed by atoms with van der Waals surface area (Å²) in [7, 11) is -1.20. The van der Waals surface area contributed by atoms with E-state index in [0.717, 1.165) is 16.7 Å². The maximum atomic E-state index is 13.9. The summed E-state index contributed by atoms with van der Waals surface area (Å²) in [5.41, 5.74) is 4.59. The third-order valence-electron chi connectivity index (χ3n) is 5.92. The summed E-state index contributed by atoms with van der Waals surface area (Å²) in [5.74, 6) is 0.153. The number of amides is 1. The van der Waals surface area contributed by atoms with Crippen molar-refractivity contribution in [2.24, 2.45) is 0 Å². The average molecular weight is 493 g/mol. The largest absolute Gasteiger partial charge is 0.493 e. The number of methoxy groups -OCH3 is 2. The summed E-state index contributed by atoms with van der Waals surface area (Å²) >= 11 is 0. The Morgan fingerprint density at radius 2 is 1.49 bits per heavy atom. The molecule has 0 radical (unpaired) electrons. The van der Waals surface area contributed by atoms with Gasteiger partial charge in [0, 0.05) is 17.3 Å². The van der Waals surface area contributed by atoms with Crippen molar-refractivity contribution in [2.75, 3.05) is 23.8 Å². The Hall–Kier alpha value is -3.78. The normalized spacial score (nSPS) is 14.4. The van der Waals surface area contributed by atoms with Crippen LogP contribution >= 0.6 is 0 Å². The molecule has 0 bridgehead atoms. The molecule has 0 spiro atoms. The lowest BCUT2D eigenvalue weighted by molar-refractivity contribution is -0.112. The Morgan fingerprint density at radius 3 is 2.09 bits per heavy atom. The monoisotopic (exact) mass is 492 g/mol. The van der Waals surface area contributed by atoms with Crippen LogP contribution in [0.1, 0.15) is 29.2 Å². The van der Waals surface area contributed by atoms with Crippen molar-refractivity contribution in [3.05, 3.63) is 87.8 Å². The van der Waals surface area contributed by atoms with Crippen molar-refractivity contribution >= 4 is 32.9 Å². The number of carbonyl (C=O) groups excluding carboxylic acids is 1. The van der Waals surface area contributed by atoms with E-state index < -0.39 is 15.9 Å². The van der Waals surface area contributed by atoms with Crippen molar-refractivity contribution in [1.29, 1.82) is 0 Å². The molecule has 35 heavy (non-hydrogen) atoms. The van der Waals surface area contributed by atoms with Crippen LogP contribution in [0.25, 0.3) is 5.57 Å². The Labute approximate surface area is 206 Å². The fraction of sp³-hybridized carbons (Fsp3) is 0.222. The molecule has 0 fully saturated rings. The summed E-state index contributed by atoms with van der Waals surface area (Å²) in [6.45, 7) is 5.53. The molecule has 1 N–H and O–H groups in total. The van der Waals surface area contributed by atoms with Gasteiger partial charge in [-0.25, -0.2) is 8.42 Å². The Morgan fingerprint density at radius 1 is 0.886 bits per heavy atom. The molecule has 1 aliphatic heterocycles. The maximum Gasteiger partial charge on any atom is 0.270 e. The van der Waals surface area contributed by atoms with Gasteiger partial charge in [-0.1, -0.05) is 36.4 Å². The second-order valence-electron chi connectivity index (χ2n) is 8.51. The Balaban J connectivity index is 1.89. The zero-order valence-corrected chi connectivity index (χ0v) is 21.2. The molecule has 0 saturated heterocycles. The van der Waals surface area contributed by atoms with Crippen molar-refractivity contribution in [1.82, 2.24) is 0 Å². The third kappa shape index (κ3) is 4.61. The molecule has 3 aromatic carbocycles. The molecule has 4 rings (SSSR count). The van der Waals surface area contributed by atoms with Gasteiger partial charge < -0.3 is 14.8 Å². The van der Waals surface area contributed by atoms with Crippen LogP contribution in [0.3, 0.4) is 0 Å². The van der Waals surface area contributed by atoms with Crippen LogP contribution in [0, 0.1) is 13.8 Å². The molecule has 0 atom stereocenters. The van der Waals surface area contributed by atoms with E-state index in [9.17, 15) is 13.2 Å². The van der Waals surface area contributed by atoms with Gasteiger partial charge in [0.15, 0.2) is 16.4 Å². The van der Waals surface area contributed by atoms with Gasteiger partial charge in [-0.2, -0.15) is 0 Å². The fourth-order valence-corrected chi connectivity index (χ4v) is 6.10. The molecule has 1 aliphatic rings. The number of nitrogens with zero attached hydrogens (tertiary/aromatic N) is 1. The predicted molar refractivity (Wildman–Crippen MR) is 138 cm³/mol. The highest BCUT2D eigenvalue weighted by atomic mass is 32.2. The fourth-order valence-electron chi connectivity index (χ4n) is 4.37. The van der Waals surface area contributed by atoms with Crippen LogP contribution in [0.2, 0.25) is 0 Å². The van der Waals surface area contributed by atoms with Crippen molar-refractivity contribution < 1.29 is 22.7 Å². The van der Waals surface area contributed by atoms with Crippen LogP contribution < -0.4 is 19.1 Å². The summed E-state index contributed by atoms with van der Waals surface area (Å²) in [5, 5.41) is 2.79. The number of nitrogens with one attached hydrogen (secondary N) is 1. The summed E-state index contributed by atoms with van der Waals surface area (Å²) in [6.07, 6.45) is 0. The van der Waals surface area contributed by atoms with E-state index in [-0.39, 0.29) is 11.4 Å². The molecule has 0 saturated carbocycles. The number of fused-ring (bicyclic) bond motifs is 1. The highest BCUT2D eigenvalue weighted by Gasteiger charge is 2.40. The summed E-state index contributed by atoms with van der Waals surface area (Å²) < 4.78 is 40.0. The second-order valence-corrected chi connectivity index (χ2v) is 10.3. The van der Waals surface area contributed by atoms with Crippen molar-refractivity contribution in [2.45, 2.75) is 27.3 Å². The second kappa shape index (κ2) is 9.46. The average Bonchev–Trinajstić information content (AvgIpc) is 2.80. The molecule has 182 valence electrons.